The Balaban J connectivity index is 1.34. The van der Waals surface area contributed by atoms with E-state index < -0.39 is 21.6 Å². The summed E-state index contributed by atoms with van der Waals surface area (Å²) in [5.74, 6) is 0.602. The molecule has 170 valence electrons. The fourth-order valence-corrected chi connectivity index (χ4v) is 4.56. The van der Waals surface area contributed by atoms with Gasteiger partial charge in [-0.15, -0.1) is 0 Å². The van der Waals surface area contributed by atoms with Crippen molar-refractivity contribution < 1.29 is 21.6 Å². The van der Waals surface area contributed by atoms with Gasteiger partial charge in [0.05, 0.1) is 10.5 Å². The Kier molecular flexibility index (Phi) is 7.64. The Hall–Kier alpha value is -2.06. The lowest BCUT2D eigenvalue weighted by atomic mass is 9.90. The third kappa shape index (κ3) is 7.25. The Labute approximate surface area is 182 Å². The average molecular weight is 455 g/mol. The highest BCUT2D eigenvalue weighted by atomic mass is 32.2. The first-order valence-corrected chi connectivity index (χ1v) is 12.4. The van der Waals surface area contributed by atoms with Gasteiger partial charge < -0.3 is 10.2 Å². The third-order valence-corrected chi connectivity index (χ3v) is 6.90. The van der Waals surface area contributed by atoms with Crippen LogP contribution in [-0.2, 0) is 22.4 Å². The van der Waals surface area contributed by atoms with Crippen LogP contribution in [0.15, 0.2) is 53.4 Å². The van der Waals surface area contributed by atoms with E-state index in [0.717, 1.165) is 64.0 Å². The molecule has 0 aliphatic carbocycles. The van der Waals surface area contributed by atoms with Crippen molar-refractivity contribution in [2.45, 2.75) is 36.8 Å². The number of sulfone groups is 1. The Morgan fingerprint density at radius 3 is 2.16 bits per heavy atom. The van der Waals surface area contributed by atoms with Crippen LogP contribution in [0.2, 0.25) is 0 Å². The van der Waals surface area contributed by atoms with Crippen LogP contribution in [0, 0.1) is 5.92 Å². The van der Waals surface area contributed by atoms with Gasteiger partial charge in [0.2, 0.25) is 0 Å². The van der Waals surface area contributed by atoms with E-state index >= 15 is 0 Å². The van der Waals surface area contributed by atoms with E-state index in [0.29, 0.717) is 16.5 Å². The van der Waals surface area contributed by atoms with E-state index in [1.54, 1.807) is 12.1 Å². The van der Waals surface area contributed by atoms with Gasteiger partial charge in [-0.1, -0.05) is 12.1 Å². The molecule has 0 spiro atoms. The zero-order chi connectivity index (χ0) is 22.5. The number of halogens is 3. The molecule has 0 unspecified atom stereocenters. The summed E-state index contributed by atoms with van der Waals surface area (Å²) in [6, 6.07) is 12.3. The molecule has 1 aliphatic rings. The highest BCUT2D eigenvalue weighted by molar-refractivity contribution is 7.90. The second-order valence-electron chi connectivity index (χ2n) is 8.26. The topological polar surface area (TPSA) is 49.4 Å². The van der Waals surface area contributed by atoms with Crippen molar-refractivity contribution >= 4 is 15.5 Å². The molecule has 0 saturated carbocycles. The monoisotopic (exact) mass is 454 g/mol. The van der Waals surface area contributed by atoms with E-state index in [1.165, 1.54) is 24.0 Å². The fraction of sp³-hybridized carbons (Fsp3) is 0.478. The number of rotatable bonds is 8. The summed E-state index contributed by atoms with van der Waals surface area (Å²) in [6.07, 6.45) is 1.04. The lowest BCUT2D eigenvalue weighted by Crippen LogP contribution is -2.35. The van der Waals surface area contributed by atoms with Crippen LogP contribution in [0.3, 0.4) is 0 Å². The smallest absolute Gasteiger partial charge is 0.385 e. The molecule has 2 aromatic carbocycles. The molecule has 1 saturated heterocycles. The molecular weight excluding hydrogens is 425 g/mol. The first-order chi connectivity index (χ1) is 14.6. The van der Waals surface area contributed by atoms with E-state index in [9.17, 15) is 21.6 Å². The summed E-state index contributed by atoms with van der Waals surface area (Å²) in [5, 5.41) is 3.18. The predicted molar refractivity (Wildman–Crippen MR) is 117 cm³/mol. The van der Waals surface area contributed by atoms with Gasteiger partial charge in [-0.05, 0) is 93.2 Å². The van der Waals surface area contributed by atoms with Crippen LogP contribution in [0.25, 0.3) is 0 Å². The van der Waals surface area contributed by atoms with E-state index in [-0.39, 0.29) is 0 Å². The summed E-state index contributed by atoms with van der Waals surface area (Å²) in [6.45, 7) is 3.75. The number of benzene rings is 2. The van der Waals surface area contributed by atoms with Crippen molar-refractivity contribution in [1.29, 1.82) is 0 Å². The number of alkyl halides is 3. The van der Waals surface area contributed by atoms with E-state index in [1.807, 2.05) is 12.1 Å². The molecule has 1 aliphatic heterocycles. The summed E-state index contributed by atoms with van der Waals surface area (Å²) in [5.41, 5.74) is 1.24. The van der Waals surface area contributed by atoms with Crippen molar-refractivity contribution in [3.05, 3.63) is 59.7 Å². The van der Waals surface area contributed by atoms with Crippen LogP contribution in [0.1, 0.15) is 30.4 Å². The van der Waals surface area contributed by atoms with E-state index in [4.69, 9.17) is 0 Å². The van der Waals surface area contributed by atoms with Gasteiger partial charge in [-0.2, -0.15) is 13.2 Å². The maximum atomic E-state index is 12.6. The molecule has 2 aromatic rings. The Morgan fingerprint density at radius 2 is 1.61 bits per heavy atom. The molecule has 0 amide bonds. The van der Waals surface area contributed by atoms with Gasteiger partial charge in [0.1, 0.15) is 0 Å². The minimum Gasteiger partial charge on any atom is -0.385 e. The maximum Gasteiger partial charge on any atom is 0.416 e. The molecule has 31 heavy (non-hydrogen) atoms. The highest BCUT2D eigenvalue weighted by Gasteiger charge is 2.29. The molecule has 1 N–H and O–H groups in total. The molecule has 1 fully saturated rings. The summed E-state index contributed by atoms with van der Waals surface area (Å²) in [7, 11) is -3.15. The minimum atomic E-state index is -4.30. The molecule has 0 aromatic heterocycles. The molecule has 0 bridgehead atoms. The number of hydrogen-bond acceptors (Lipinski definition) is 4. The lowest BCUT2D eigenvalue weighted by Gasteiger charge is -2.32. The van der Waals surface area contributed by atoms with Gasteiger partial charge >= 0.3 is 6.18 Å². The van der Waals surface area contributed by atoms with Crippen molar-refractivity contribution in [3.63, 3.8) is 0 Å². The quantitative estimate of drug-likeness (QED) is 0.579. The summed E-state index contributed by atoms with van der Waals surface area (Å²) in [4.78, 5) is 2.79. The summed E-state index contributed by atoms with van der Waals surface area (Å²) < 4.78 is 60.9. The second kappa shape index (κ2) is 10.0. The van der Waals surface area contributed by atoms with Gasteiger partial charge in [-0.3, -0.25) is 0 Å². The SMILES string of the molecule is CS(=O)(=O)c1ccc(CC2CCN(CCCNc3ccc(C(F)(F)F)cc3)CC2)cc1. The fourth-order valence-electron chi connectivity index (χ4n) is 3.93. The molecule has 3 rings (SSSR count). The van der Waals surface area contributed by atoms with Crippen molar-refractivity contribution in [3.8, 4) is 0 Å². The van der Waals surface area contributed by atoms with Crippen LogP contribution in [0.4, 0.5) is 18.9 Å². The third-order valence-electron chi connectivity index (χ3n) is 5.78. The van der Waals surface area contributed by atoms with Crippen molar-refractivity contribution in [2.24, 2.45) is 5.92 Å². The average Bonchev–Trinajstić information content (AvgIpc) is 2.72. The Morgan fingerprint density at radius 1 is 1.00 bits per heavy atom. The first-order valence-electron chi connectivity index (χ1n) is 10.5. The molecule has 8 heteroatoms. The van der Waals surface area contributed by atoms with Crippen LogP contribution in [0.5, 0.6) is 0 Å². The van der Waals surface area contributed by atoms with Gasteiger partial charge in [0, 0.05) is 18.5 Å². The van der Waals surface area contributed by atoms with Gasteiger partial charge in [0.15, 0.2) is 9.84 Å². The second-order valence-corrected chi connectivity index (χ2v) is 10.3. The van der Waals surface area contributed by atoms with Crippen LogP contribution >= 0.6 is 0 Å². The standard InChI is InChI=1S/C23H29F3N2O2S/c1-31(29,30)22-9-3-18(4-10-22)17-19-11-15-28(16-12-19)14-2-13-27-21-7-5-20(6-8-21)23(24,25)26/h3-10,19,27H,2,11-17H2,1H3. The Bertz CT molecular complexity index is 934. The largest absolute Gasteiger partial charge is 0.416 e. The van der Waals surface area contributed by atoms with Crippen molar-refractivity contribution in [1.82, 2.24) is 4.90 Å². The first kappa shape index (κ1) is 23.6. The number of piperidine rings is 1. The maximum absolute atomic E-state index is 12.6. The number of nitrogens with one attached hydrogen (secondary N) is 1. The number of likely N-dealkylation sites (tertiary alicyclic amines) is 1. The lowest BCUT2D eigenvalue weighted by molar-refractivity contribution is -0.137. The normalized spacial score (nSPS) is 16.4. The number of hydrogen-bond donors (Lipinski definition) is 1. The number of nitrogens with zero attached hydrogens (tertiary/aromatic N) is 1. The predicted octanol–water partition coefficient (Wildman–Crippen LogP) is 4.87. The van der Waals surface area contributed by atoms with Gasteiger partial charge in [0.25, 0.3) is 0 Å². The molecule has 0 atom stereocenters. The van der Waals surface area contributed by atoms with E-state index in [2.05, 4.69) is 10.2 Å². The van der Waals surface area contributed by atoms with Gasteiger partial charge in [-0.25, -0.2) is 8.42 Å². The molecule has 0 radical (unpaired) electrons. The van der Waals surface area contributed by atoms with Crippen LogP contribution in [-0.4, -0.2) is 45.8 Å². The highest BCUT2D eigenvalue weighted by Crippen LogP contribution is 2.29. The minimum absolute atomic E-state index is 0.357. The summed E-state index contributed by atoms with van der Waals surface area (Å²) >= 11 is 0. The van der Waals surface area contributed by atoms with Crippen molar-refractivity contribution in [2.75, 3.05) is 37.8 Å². The zero-order valence-electron chi connectivity index (χ0n) is 17.7. The molecular formula is C23H29F3N2O2S. The number of anilines is 1. The molecule has 1 heterocycles. The molecule has 4 nitrogen and oxygen atoms in total. The van der Waals surface area contributed by atoms with Crippen LogP contribution < -0.4 is 5.32 Å². The zero-order valence-corrected chi connectivity index (χ0v) is 18.5.